The maximum atomic E-state index is 6.25. The summed E-state index contributed by atoms with van der Waals surface area (Å²) < 4.78 is 0. The smallest absolute Gasteiger partial charge is 0.512 e. The molecule has 0 saturated carbocycles. The predicted molar refractivity (Wildman–Crippen MR) is 4.97 cm³/mol. The van der Waals surface area contributed by atoms with Crippen molar-refractivity contribution in [1.82, 2.24) is 0 Å². The zero-order valence-corrected chi connectivity index (χ0v) is 8.17. The quantitative estimate of drug-likeness (QED) is 0.282. The van der Waals surface area contributed by atoms with Crippen LogP contribution in [-0.2, 0) is 16.5 Å². The molecule has 3 heteroatoms. The maximum Gasteiger partial charge on any atom is 2.00 e. The van der Waals surface area contributed by atoms with Crippen molar-refractivity contribution in [3.63, 3.8) is 0 Å². The SMILES string of the molecule is [C-]#N.[Ni+2].[Rb+]. The van der Waals surface area contributed by atoms with Crippen LogP contribution in [0.1, 0.15) is 0 Å². The molecule has 0 aliphatic carbocycles. The van der Waals surface area contributed by atoms with Crippen molar-refractivity contribution in [2.75, 3.05) is 0 Å². The first kappa shape index (κ1) is 17.1. The van der Waals surface area contributed by atoms with Gasteiger partial charge < -0.3 is 11.8 Å². The van der Waals surface area contributed by atoms with Gasteiger partial charge >= 0.3 is 74.7 Å². The summed E-state index contributed by atoms with van der Waals surface area (Å²) in [6.07, 6.45) is 0. The Labute approximate surface area is 84.5 Å². The van der Waals surface area contributed by atoms with E-state index in [9.17, 15) is 0 Å². The Bertz CT molecular complexity index is 12.8. The molecule has 0 amide bonds. The minimum Gasteiger partial charge on any atom is -0.512 e. The molecule has 0 N–H and O–H groups in total. The summed E-state index contributed by atoms with van der Waals surface area (Å²) >= 11 is 0. The van der Waals surface area contributed by atoms with Crippen molar-refractivity contribution in [2.45, 2.75) is 0 Å². The van der Waals surface area contributed by atoms with Gasteiger partial charge in [0.1, 0.15) is 0 Å². The summed E-state index contributed by atoms with van der Waals surface area (Å²) in [5, 5.41) is 6.25. The molecular weight excluding hydrogens is 170 g/mol. The van der Waals surface area contributed by atoms with Crippen LogP contribution in [0.4, 0.5) is 0 Å². The van der Waals surface area contributed by atoms with E-state index in [1.54, 1.807) is 0 Å². The normalized spacial score (nSPS) is 0.500. The fraction of sp³-hybridized carbons (Fsp3) is 0. The zero-order chi connectivity index (χ0) is 2.00. The monoisotopic (exact) mass is 169 g/mol. The fourth-order valence-electron chi connectivity index (χ4n) is 0. The molecular formula is CNNiRb+2. The molecule has 0 aromatic carbocycles. The maximum absolute atomic E-state index is 6.25. The molecule has 0 atom stereocenters. The van der Waals surface area contributed by atoms with Gasteiger partial charge in [0.2, 0.25) is 0 Å². The summed E-state index contributed by atoms with van der Waals surface area (Å²) in [6.45, 7) is 4.75. The van der Waals surface area contributed by atoms with Gasteiger partial charge in [-0.05, 0) is 0 Å². The van der Waals surface area contributed by atoms with Crippen LogP contribution in [0.3, 0.4) is 0 Å². The van der Waals surface area contributed by atoms with E-state index in [0.717, 1.165) is 0 Å². The Morgan fingerprint density at radius 1 is 1.25 bits per heavy atom. The van der Waals surface area contributed by atoms with E-state index >= 15 is 0 Å². The van der Waals surface area contributed by atoms with Crippen molar-refractivity contribution in [3.8, 4) is 0 Å². The van der Waals surface area contributed by atoms with Gasteiger partial charge in [-0.3, -0.25) is 0 Å². The van der Waals surface area contributed by atoms with Gasteiger partial charge in [0.15, 0.2) is 0 Å². The molecule has 0 aliphatic heterocycles. The Morgan fingerprint density at radius 2 is 1.25 bits per heavy atom. The van der Waals surface area contributed by atoms with Crippen LogP contribution in [0.2, 0.25) is 0 Å². The second-order valence-electron chi connectivity index (χ2n) is 0. The molecule has 4 heavy (non-hydrogen) atoms. The molecule has 0 fully saturated rings. The van der Waals surface area contributed by atoms with Crippen LogP contribution in [-0.4, -0.2) is 0 Å². The van der Waals surface area contributed by atoms with Crippen LogP contribution < -0.4 is 58.2 Å². The molecule has 0 unspecified atom stereocenters. The van der Waals surface area contributed by atoms with Gasteiger partial charge in [-0.1, -0.05) is 0 Å². The summed E-state index contributed by atoms with van der Waals surface area (Å²) in [6, 6.07) is 0. The van der Waals surface area contributed by atoms with Gasteiger partial charge in [0.05, 0.1) is 0 Å². The molecule has 0 radical (unpaired) electrons. The predicted octanol–water partition coefficient (Wildman–Crippen LogP) is -2.90. The molecule has 0 aliphatic rings. The number of hydrogen-bond donors (Lipinski definition) is 0. The van der Waals surface area contributed by atoms with E-state index < -0.39 is 0 Å². The molecule has 0 bridgehead atoms. The minimum absolute atomic E-state index is 0. The van der Waals surface area contributed by atoms with E-state index in [2.05, 4.69) is 0 Å². The van der Waals surface area contributed by atoms with Gasteiger partial charge in [-0.15, -0.1) is 0 Å². The Balaban J connectivity index is -0.00000000500. The molecule has 18 valence electrons. The summed E-state index contributed by atoms with van der Waals surface area (Å²) in [5.74, 6) is 0. The van der Waals surface area contributed by atoms with E-state index in [0.29, 0.717) is 0 Å². The standard InChI is InChI=1S/CN.Ni.Rb/c1-2;;/q-1;+2;+1. The minimum atomic E-state index is 0. The largest absolute Gasteiger partial charge is 2.00 e. The first-order valence-electron chi connectivity index (χ1n) is 0.224. The third-order valence-corrected chi connectivity index (χ3v) is 0. The zero-order valence-electron chi connectivity index (χ0n) is 2.26. The van der Waals surface area contributed by atoms with Crippen molar-refractivity contribution < 1.29 is 74.7 Å². The fourth-order valence-corrected chi connectivity index (χ4v) is 0. The third kappa shape index (κ3) is 9.21. The van der Waals surface area contributed by atoms with Gasteiger partial charge in [0.25, 0.3) is 0 Å². The van der Waals surface area contributed by atoms with Crippen LogP contribution in [0, 0.1) is 11.8 Å². The van der Waals surface area contributed by atoms with Crippen molar-refractivity contribution in [2.24, 2.45) is 0 Å². The summed E-state index contributed by atoms with van der Waals surface area (Å²) in [7, 11) is 0. The van der Waals surface area contributed by atoms with E-state index in [1.807, 2.05) is 0 Å². The average Bonchev–Trinajstić information content (AvgIpc) is 1.00. The molecule has 0 aromatic rings. The van der Waals surface area contributed by atoms with E-state index in [-0.39, 0.29) is 74.7 Å². The van der Waals surface area contributed by atoms with Crippen LogP contribution in [0.25, 0.3) is 0 Å². The Kier molecular flexibility index (Phi) is 91.7. The second-order valence-corrected chi connectivity index (χ2v) is 0. The molecule has 0 aromatic heterocycles. The van der Waals surface area contributed by atoms with Crippen LogP contribution in [0.5, 0.6) is 0 Å². The van der Waals surface area contributed by atoms with Gasteiger partial charge in [-0.2, -0.15) is 0 Å². The first-order valence-corrected chi connectivity index (χ1v) is 0.224. The Morgan fingerprint density at radius 3 is 1.25 bits per heavy atom. The third-order valence-electron chi connectivity index (χ3n) is 0. The number of hydrogen-bond acceptors (Lipinski definition) is 1. The second kappa shape index (κ2) is 21.5. The van der Waals surface area contributed by atoms with Gasteiger partial charge in [-0.25, -0.2) is 0 Å². The van der Waals surface area contributed by atoms with Crippen LogP contribution in [0.15, 0.2) is 0 Å². The topological polar surface area (TPSA) is 23.8 Å². The molecule has 0 saturated heterocycles. The van der Waals surface area contributed by atoms with Gasteiger partial charge in [0, 0.05) is 0 Å². The summed E-state index contributed by atoms with van der Waals surface area (Å²) in [4.78, 5) is 0. The molecule has 1 nitrogen and oxygen atoms in total. The number of rotatable bonds is 0. The average molecular weight is 170 g/mol. The van der Waals surface area contributed by atoms with Crippen molar-refractivity contribution in [3.05, 3.63) is 6.57 Å². The summed E-state index contributed by atoms with van der Waals surface area (Å²) in [5.41, 5.74) is 0. The van der Waals surface area contributed by atoms with Crippen LogP contribution >= 0.6 is 0 Å². The van der Waals surface area contributed by atoms with Crippen molar-refractivity contribution >= 4 is 0 Å². The molecule has 0 spiro atoms. The Hall–Kier alpha value is 1.79. The number of nitrogens with zero attached hydrogens (tertiary/aromatic N) is 1. The molecule has 0 rings (SSSR count). The van der Waals surface area contributed by atoms with Crippen molar-refractivity contribution in [1.29, 1.82) is 5.26 Å². The first-order chi connectivity index (χ1) is 1.00. The van der Waals surface area contributed by atoms with E-state index in [4.69, 9.17) is 11.8 Å². The molecule has 0 heterocycles. The van der Waals surface area contributed by atoms with E-state index in [1.165, 1.54) is 0 Å².